The molecule has 0 aliphatic heterocycles. The largest absolute Gasteiger partial charge is 0.493 e. The van der Waals surface area contributed by atoms with Gasteiger partial charge in [-0.1, -0.05) is 38.0 Å². The standard InChI is InChI=1S/C24H25FN2O5/c1-4-5-9-12-32-19-14-16(13-17(25)15-19)21-20(23(28)30-2)22(24(29)31-3)27(26-21)18-10-7-6-8-11-18/h6-8,10-11,13-15H,4-5,9,12H2,1-3H3. The van der Waals surface area contributed by atoms with Gasteiger partial charge in [0.2, 0.25) is 0 Å². The summed E-state index contributed by atoms with van der Waals surface area (Å²) in [4.78, 5) is 25.3. The number of benzene rings is 2. The second-order valence-corrected chi connectivity index (χ2v) is 7.03. The summed E-state index contributed by atoms with van der Waals surface area (Å²) in [6.45, 7) is 2.52. The zero-order chi connectivity index (χ0) is 23.1. The van der Waals surface area contributed by atoms with Gasteiger partial charge in [-0.2, -0.15) is 5.10 Å². The van der Waals surface area contributed by atoms with Crippen molar-refractivity contribution in [3.8, 4) is 22.7 Å². The lowest BCUT2D eigenvalue weighted by atomic mass is 10.0. The Balaban J connectivity index is 2.18. The average molecular weight is 440 g/mol. The van der Waals surface area contributed by atoms with Gasteiger partial charge in [0, 0.05) is 11.6 Å². The molecule has 0 N–H and O–H groups in total. The Morgan fingerprint density at radius 2 is 1.72 bits per heavy atom. The number of carbonyl (C=O) groups excluding carboxylic acids is 2. The molecule has 3 rings (SSSR count). The first-order valence-electron chi connectivity index (χ1n) is 10.3. The van der Waals surface area contributed by atoms with Gasteiger partial charge in [0.15, 0.2) is 5.69 Å². The molecule has 1 aromatic heterocycles. The SMILES string of the molecule is CCCCCOc1cc(F)cc(-c2nn(-c3ccccc3)c(C(=O)OC)c2C(=O)OC)c1. The zero-order valence-corrected chi connectivity index (χ0v) is 18.3. The Morgan fingerprint density at radius 1 is 1.00 bits per heavy atom. The Bertz CT molecular complexity index is 1100. The van der Waals surface area contributed by atoms with E-state index < -0.39 is 17.8 Å². The highest BCUT2D eigenvalue weighted by Gasteiger charge is 2.31. The van der Waals surface area contributed by atoms with Crippen LogP contribution in [0.15, 0.2) is 48.5 Å². The van der Waals surface area contributed by atoms with Gasteiger partial charge in [0.25, 0.3) is 0 Å². The highest BCUT2D eigenvalue weighted by molar-refractivity contribution is 6.06. The summed E-state index contributed by atoms with van der Waals surface area (Å²) in [6, 6.07) is 12.9. The minimum atomic E-state index is -0.794. The number of ether oxygens (including phenoxy) is 3. The van der Waals surface area contributed by atoms with Crippen LogP contribution in [0.3, 0.4) is 0 Å². The number of para-hydroxylation sites is 1. The fourth-order valence-electron chi connectivity index (χ4n) is 3.28. The summed E-state index contributed by atoms with van der Waals surface area (Å²) in [6.07, 6.45) is 2.87. The fraction of sp³-hybridized carbons (Fsp3) is 0.292. The van der Waals surface area contributed by atoms with Crippen molar-refractivity contribution in [1.29, 1.82) is 0 Å². The molecule has 1 heterocycles. The van der Waals surface area contributed by atoms with E-state index in [-0.39, 0.29) is 22.5 Å². The maximum absolute atomic E-state index is 14.4. The summed E-state index contributed by atoms with van der Waals surface area (Å²) in [5.41, 5.74) is 0.646. The van der Waals surface area contributed by atoms with Crippen LogP contribution < -0.4 is 4.74 Å². The molecular weight excluding hydrogens is 415 g/mol. The molecule has 168 valence electrons. The maximum atomic E-state index is 14.4. The predicted octanol–water partition coefficient (Wildman–Crippen LogP) is 4.82. The quantitative estimate of drug-likeness (QED) is 0.351. The molecule has 32 heavy (non-hydrogen) atoms. The number of nitrogens with zero attached hydrogens (tertiary/aromatic N) is 2. The molecule has 0 fully saturated rings. The third-order valence-electron chi connectivity index (χ3n) is 4.82. The van der Waals surface area contributed by atoms with Crippen LogP contribution in [-0.4, -0.2) is 42.5 Å². The fourth-order valence-corrected chi connectivity index (χ4v) is 3.28. The van der Waals surface area contributed by atoms with Crippen LogP contribution in [0.1, 0.15) is 47.0 Å². The van der Waals surface area contributed by atoms with E-state index in [2.05, 4.69) is 12.0 Å². The van der Waals surface area contributed by atoms with Crippen LogP contribution >= 0.6 is 0 Å². The van der Waals surface area contributed by atoms with E-state index in [1.165, 1.54) is 31.0 Å². The number of hydrogen-bond donors (Lipinski definition) is 0. The van der Waals surface area contributed by atoms with E-state index in [1.807, 2.05) is 6.07 Å². The molecule has 0 saturated heterocycles. The molecule has 3 aromatic rings. The van der Waals surface area contributed by atoms with Gasteiger partial charge in [-0.15, -0.1) is 0 Å². The van der Waals surface area contributed by atoms with E-state index in [0.29, 0.717) is 18.0 Å². The molecule has 0 atom stereocenters. The lowest BCUT2D eigenvalue weighted by Crippen LogP contribution is -2.15. The van der Waals surface area contributed by atoms with E-state index in [1.54, 1.807) is 30.3 Å². The van der Waals surface area contributed by atoms with Crippen molar-refractivity contribution in [1.82, 2.24) is 9.78 Å². The second-order valence-electron chi connectivity index (χ2n) is 7.03. The maximum Gasteiger partial charge on any atom is 0.357 e. The smallest absolute Gasteiger partial charge is 0.357 e. The monoisotopic (exact) mass is 440 g/mol. The highest BCUT2D eigenvalue weighted by Crippen LogP contribution is 2.32. The molecule has 0 spiro atoms. The molecule has 0 aliphatic rings. The van der Waals surface area contributed by atoms with Gasteiger partial charge in [-0.25, -0.2) is 18.7 Å². The summed E-state index contributed by atoms with van der Waals surface area (Å²) in [5, 5.41) is 4.47. The number of carbonyl (C=O) groups is 2. The van der Waals surface area contributed by atoms with Crippen molar-refractivity contribution >= 4 is 11.9 Å². The van der Waals surface area contributed by atoms with Crippen LogP contribution in [0.25, 0.3) is 16.9 Å². The molecule has 0 bridgehead atoms. The predicted molar refractivity (Wildman–Crippen MR) is 117 cm³/mol. The van der Waals surface area contributed by atoms with E-state index >= 15 is 0 Å². The minimum Gasteiger partial charge on any atom is -0.493 e. The van der Waals surface area contributed by atoms with Gasteiger partial charge in [-0.3, -0.25) is 0 Å². The molecule has 0 amide bonds. The van der Waals surface area contributed by atoms with Crippen molar-refractivity contribution in [3.05, 3.63) is 65.6 Å². The Labute approximate surface area is 185 Å². The normalized spacial score (nSPS) is 10.6. The second kappa shape index (κ2) is 10.6. The molecule has 7 nitrogen and oxygen atoms in total. The van der Waals surface area contributed by atoms with Crippen LogP contribution in [-0.2, 0) is 9.47 Å². The minimum absolute atomic E-state index is 0.0824. The van der Waals surface area contributed by atoms with Crippen molar-refractivity contribution in [3.63, 3.8) is 0 Å². The summed E-state index contributed by atoms with van der Waals surface area (Å²) >= 11 is 0. The molecular formula is C24H25FN2O5. The summed E-state index contributed by atoms with van der Waals surface area (Å²) in [7, 11) is 2.40. The number of unbranched alkanes of at least 4 members (excludes halogenated alkanes) is 2. The van der Waals surface area contributed by atoms with Gasteiger partial charge in [-0.05, 0) is 30.7 Å². The molecule has 0 saturated carbocycles. The van der Waals surface area contributed by atoms with E-state index in [9.17, 15) is 14.0 Å². The highest BCUT2D eigenvalue weighted by atomic mass is 19.1. The van der Waals surface area contributed by atoms with Gasteiger partial charge < -0.3 is 14.2 Å². The van der Waals surface area contributed by atoms with Crippen LogP contribution in [0.5, 0.6) is 5.75 Å². The lowest BCUT2D eigenvalue weighted by Gasteiger charge is -2.08. The lowest BCUT2D eigenvalue weighted by molar-refractivity contribution is 0.0549. The first-order chi connectivity index (χ1) is 15.5. The topological polar surface area (TPSA) is 79.7 Å². The Morgan fingerprint density at radius 3 is 2.38 bits per heavy atom. The molecule has 8 heteroatoms. The first-order valence-corrected chi connectivity index (χ1v) is 10.3. The van der Waals surface area contributed by atoms with Gasteiger partial charge in [0.05, 0.1) is 26.5 Å². The van der Waals surface area contributed by atoms with Crippen molar-refractivity contribution in [2.24, 2.45) is 0 Å². The summed E-state index contributed by atoms with van der Waals surface area (Å²) < 4.78 is 31.2. The van der Waals surface area contributed by atoms with E-state index in [0.717, 1.165) is 19.3 Å². The molecule has 2 aromatic carbocycles. The molecule has 0 unspecified atom stereocenters. The number of rotatable bonds is 9. The number of halogens is 1. The Kier molecular flexibility index (Phi) is 7.59. The number of hydrogen-bond acceptors (Lipinski definition) is 6. The molecule has 0 radical (unpaired) electrons. The number of aromatic nitrogens is 2. The van der Waals surface area contributed by atoms with Crippen molar-refractivity contribution in [2.75, 3.05) is 20.8 Å². The van der Waals surface area contributed by atoms with Crippen LogP contribution in [0.2, 0.25) is 0 Å². The zero-order valence-electron chi connectivity index (χ0n) is 18.3. The van der Waals surface area contributed by atoms with E-state index in [4.69, 9.17) is 14.2 Å². The third kappa shape index (κ3) is 4.96. The average Bonchev–Trinajstić information content (AvgIpc) is 3.22. The van der Waals surface area contributed by atoms with Crippen LogP contribution in [0, 0.1) is 5.82 Å². The number of esters is 2. The van der Waals surface area contributed by atoms with Gasteiger partial charge >= 0.3 is 11.9 Å². The van der Waals surface area contributed by atoms with Crippen molar-refractivity contribution < 1.29 is 28.2 Å². The van der Waals surface area contributed by atoms with Crippen molar-refractivity contribution in [2.45, 2.75) is 26.2 Å². The number of methoxy groups -OCH3 is 2. The van der Waals surface area contributed by atoms with Crippen LogP contribution in [0.4, 0.5) is 4.39 Å². The van der Waals surface area contributed by atoms with Gasteiger partial charge in [0.1, 0.15) is 22.8 Å². The Hall–Kier alpha value is -3.68. The first kappa shape index (κ1) is 23.0. The molecule has 0 aliphatic carbocycles. The summed E-state index contributed by atoms with van der Waals surface area (Å²) in [5.74, 6) is -1.82. The third-order valence-corrected chi connectivity index (χ3v) is 4.82.